The topological polar surface area (TPSA) is 107 Å². The summed E-state index contributed by atoms with van der Waals surface area (Å²) in [7, 11) is 0. The van der Waals surface area contributed by atoms with Crippen LogP contribution in [-0.2, 0) is 9.57 Å². The Morgan fingerprint density at radius 3 is 2.72 bits per heavy atom. The minimum atomic E-state index is -0.561. The first-order valence-electron chi connectivity index (χ1n) is 10.5. The number of piperidine rings is 1. The van der Waals surface area contributed by atoms with Crippen LogP contribution >= 0.6 is 11.3 Å². The van der Waals surface area contributed by atoms with Gasteiger partial charge in [-0.05, 0) is 45.8 Å². The second-order valence-electron chi connectivity index (χ2n) is 8.85. The second-order valence-corrected chi connectivity index (χ2v) is 9.74. The van der Waals surface area contributed by atoms with Gasteiger partial charge in [0.25, 0.3) is 5.69 Å². The Hall–Kier alpha value is -2.98. The molecule has 1 aromatic heterocycles. The fraction of sp³-hybridized carbons (Fsp3) is 0.455. The lowest BCUT2D eigenvalue weighted by Crippen LogP contribution is -2.41. The van der Waals surface area contributed by atoms with Crippen molar-refractivity contribution in [3.05, 3.63) is 62.1 Å². The molecule has 1 fully saturated rings. The van der Waals surface area contributed by atoms with Crippen molar-refractivity contribution in [2.24, 2.45) is 0 Å². The summed E-state index contributed by atoms with van der Waals surface area (Å²) >= 11 is 1.58. The van der Waals surface area contributed by atoms with Crippen LogP contribution in [0.25, 0.3) is 5.70 Å². The van der Waals surface area contributed by atoms with E-state index in [4.69, 9.17) is 14.6 Å². The Balaban J connectivity index is 1.40. The van der Waals surface area contributed by atoms with Gasteiger partial charge in [0.1, 0.15) is 11.7 Å². The number of nitrogens with zero attached hydrogens (tertiary/aromatic N) is 3. The zero-order valence-corrected chi connectivity index (χ0v) is 19.1. The average molecular weight is 459 g/mol. The van der Waals surface area contributed by atoms with Crippen LogP contribution < -0.4 is 5.48 Å². The lowest BCUT2D eigenvalue weighted by Gasteiger charge is -2.32. The lowest BCUT2D eigenvalue weighted by atomic mass is 9.98. The highest BCUT2D eigenvalue weighted by Gasteiger charge is 2.30. The first-order valence-corrected chi connectivity index (χ1v) is 11.4. The van der Waals surface area contributed by atoms with Gasteiger partial charge in [-0.3, -0.25) is 20.4 Å². The fourth-order valence-corrected chi connectivity index (χ4v) is 4.76. The van der Waals surface area contributed by atoms with Gasteiger partial charge >= 0.3 is 6.09 Å². The zero-order chi connectivity index (χ0) is 22.9. The summed E-state index contributed by atoms with van der Waals surface area (Å²) in [6.07, 6.45) is 2.64. The van der Waals surface area contributed by atoms with Gasteiger partial charge in [-0.15, -0.1) is 11.3 Å². The number of hydrogen-bond donors (Lipinski definition) is 1. The molecule has 2 aromatic rings. The summed E-state index contributed by atoms with van der Waals surface area (Å²) in [5.41, 5.74) is 4.32. The van der Waals surface area contributed by atoms with Gasteiger partial charge in [0.05, 0.1) is 26.9 Å². The van der Waals surface area contributed by atoms with Crippen LogP contribution in [-0.4, -0.2) is 39.6 Å². The number of nitro groups is 1. The Labute approximate surface area is 190 Å². The SMILES string of the molecule is CC(C)(C)OC(=O)N1CCC(c2nc(C3=CC(c4ccccc4[N+](=O)[O-])ON3)cs2)CC1. The molecule has 1 N–H and O–H groups in total. The van der Waals surface area contributed by atoms with Crippen LogP contribution in [0, 0.1) is 10.1 Å². The van der Waals surface area contributed by atoms with Crippen LogP contribution in [0.15, 0.2) is 35.7 Å². The van der Waals surface area contributed by atoms with Crippen LogP contribution in [0.2, 0.25) is 0 Å². The molecular formula is C22H26N4O5S. The standard InChI is InChI=1S/C22H26N4O5S/c1-22(2,3)30-21(27)25-10-8-14(9-11-25)20-23-17(13-32-20)16-12-19(31-24-16)15-6-4-5-7-18(15)26(28)29/h4-7,12-14,19,24H,8-11H2,1-3H3. The molecule has 10 heteroatoms. The Morgan fingerprint density at radius 1 is 1.31 bits per heavy atom. The second kappa shape index (κ2) is 8.87. The normalized spacial score (nSPS) is 19.4. The molecule has 4 rings (SSSR count). The third kappa shape index (κ3) is 4.91. The van der Waals surface area contributed by atoms with E-state index in [0.717, 1.165) is 23.5 Å². The first-order chi connectivity index (χ1) is 15.2. The van der Waals surface area contributed by atoms with Crippen molar-refractivity contribution in [1.82, 2.24) is 15.4 Å². The average Bonchev–Trinajstić information content (AvgIpc) is 3.42. The van der Waals surface area contributed by atoms with Gasteiger partial charge in [-0.2, -0.15) is 0 Å². The van der Waals surface area contributed by atoms with Gasteiger partial charge in [-0.1, -0.05) is 12.1 Å². The van der Waals surface area contributed by atoms with E-state index < -0.39 is 16.6 Å². The molecule has 0 aliphatic carbocycles. The number of carbonyl (C=O) groups excluding carboxylic acids is 1. The number of nitro benzene ring substituents is 1. The van der Waals surface area contributed by atoms with Gasteiger partial charge in [0, 0.05) is 30.5 Å². The largest absolute Gasteiger partial charge is 0.444 e. The molecule has 32 heavy (non-hydrogen) atoms. The van der Waals surface area contributed by atoms with Crippen LogP contribution in [0.5, 0.6) is 0 Å². The number of likely N-dealkylation sites (tertiary alicyclic amines) is 1. The molecule has 1 amide bonds. The van der Waals surface area contributed by atoms with Crippen molar-refractivity contribution >= 4 is 28.8 Å². The van der Waals surface area contributed by atoms with Gasteiger partial charge in [0.15, 0.2) is 0 Å². The van der Waals surface area contributed by atoms with Crippen LogP contribution in [0.4, 0.5) is 10.5 Å². The molecule has 1 unspecified atom stereocenters. The van der Waals surface area contributed by atoms with Crippen molar-refractivity contribution in [3.8, 4) is 0 Å². The number of hydroxylamine groups is 1. The van der Waals surface area contributed by atoms with E-state index in [1.807, 2.05) is 32.2 Å². The quantitative estimate of drug-likeness (QED) is 0.519. The molecule has 1 aromatic carbocycles. The maximum absolute atomic E-state index is 12.3. The van der Waals surface area contributed by atoms with Crippen molar-refractivity contribution in [1.29, 1.82) is 0 Å². The van der Waals surface area contributed by atoms with E-state index in [0.29, 0.717) is 24.4 Å². The molecule has 9 nitrogen and oxygen atoms in total. The number of rotatable bonds is 4. The molecule has 2 aliphatic rings. The summed E-state index contributed by atoms with van der Waals surface area (Å²) in [4.78, 5) is 35.3. The molecular weight excluding hydrogens is 432 g/mol. The number of para-hydroxylation sites is 1. The van der Waals surface area contributed by atoms with E-state index in [1.165, 1.54) is 6.07 Å². The van der Waals surface area contributed by atoms with E-state index in [1.54, 1.807) is 34.4 Å². The summed E-state index contributed by atoms with van der Waals surface area (Å²) in [5, 5.41) is 14.3. The molecule has 0 spiro atoms. The molecule has 1 saturated heterocycles. The number of thiazole rings is 1. The predicted octanol–water partition coefficient (Wildman–Crippen LogP) is 4.78. The lowest BCUT2D eigenvalue weighted by molar-refractivity contribution is -0.386. The Morgan fingerprint density at radius 2 is 2.03 bits per heavy atom. The molecule has 3 heterocycles. The monoisotopic (exact) mass is 458 g/mol. The number of carbonyl (C=O) groups is 1. The third-order valence-electron chi connectivity index (χ3n) is 5.35. The fourth-order valence-electron chi connectivity index (χ4n) is 3.77. The molecule has 170 valence electrons. The van der Waals surface area contributed by atoms with E-state index in [2.05, 4.69) is 5.48 Å². The predicted molar refractivity (Wildman–Crippen MR) is 120 cm³/mol. The molecule has 0 saturated carbocycles. The van der Waals surface area contributed by atoms with Crippen molar-refractivity contribution < 1.29 is 19.3 Å². The number of hydrogen-bond acceptors (Lipinski definition) is 8. The smallest absolute Gasteiger partial charge is 0.410 e. The number of amides is 1. The summed E-state index contributed by atoms with van der Waals surface area (Å²) in [5.74, 6) is 0.279. The number of ether oxygens (including phenoxy) is 1. The Bertz CT molecular complexity index is 1040. The maximum Gasteiger partial charge on any atom is 0.410 e. The summed E-state index contributed by atoms with van der Waals surface area (Å²) < 4.78 is 5.46. The molecule has 1 atom stereocenters. The summed E-state index contributed by atoms with van der Waals surface area (Å²) in [6.45, 7) is 6.87. The van der Waals surface area contributed by atoms with Gasteiger partial charge < -0.3 is 9.64 Å². The molecule has 0 radical (unpaired) electrons. The van der Waals surface area contributed by atoms with E-state index in [9.17, 15) is 14.9 Å². The summed E-state index contributed by atoms with van der Waals surface area (Å²) in [6, 6.07) is 6.54. The molecule has 2 aliphatic heterocycles. The first kappa shape index (κ1) is 22.2. The van der Waals surface area contributed by atoms with E-state index in [-0.39, 0.29) is 17.7 Å². The Kier molecular flexibility index (Phi) is 6.16. The third-order valence-corrected chi connectivity index (χ3v) is 6.35. The minimum absolute atomic E-state index is 0.0208. The van der Waals surface area contributed by atoms with Gasteiger partial charge in [-0.25, -0.2) is 9.78 Å². The number of benzene rings is 1. The zero-order valence-electron chi connectivity index (χ0n) is 18.2. The maximum atomic E-state index is 12.3. The van der Waals surface area contributed by atoms with E-state index >= 15 is 0 Å². The van der Waals surface area contributed by atoms with Crippen molar-refractivity contribution in [3.63, 3.8) is 0 Å². The highest BCUT2D eigenvalue weighted by atomic mass is 32.1. The van der Waals surface area contributed by atoms with Gasteiger partial charge in [0.2, 0.25) is 0 Å². The minimum Gasteiger partial charge on any atom is -0.444 e. The van der Waals surface area contributed by atoms with Crippen LogP contribution in [0.3, 0.4) is 0 Å². The van der Waals surface area contributed by atoms with Crippen molar-refractivity contribution in [2.45, 2.75) is 51.2 Å². The van der Waals surface area contributed by atoms with Crippen molar-refractivity contribution in [2.75, 3.05) is 13.1 Å². The highest BCUT2D eigenvalue weighted by Crippen LogP contribution is 2.36. The number of aromatic nitrogens is 1. The van der Waals surface area contributed by atoms with Crippen LogP contribution in [0.1, 0.15) is 61.9 Å². The number of nitrogens with one attached hydrogen (secondary N) is 1. The molecule has 0 bridgehead atoms. The highest BCUT2D eigenvalue weighted by molar-refractivity contribution is 7.09.